The van der Waals surface area contributed by atoms with Crippen molar-refractivity contribution < 1.29 is 8.94 Å². The number of fused-ring (bicyclic) bond motifs is 1. The molecule has 1 aromatic heterocycles. The molecule has 1 unspecified atom stereocenters. The van der Waals surface area contributed by atoms with Gasteiger partial charge in [0, 0.05) is 51.2 Å². The van der Waals surface area contributed by atoms with Crippen molar-refractivity contribution >= 4 is 33.9 Å². The molecule has 0 radical (unpaired) electrons. The van der Waals surface area contributed by atoms with Crippen LogP contribution in [-0.4, -0.2) is 13.9 Å². The normalized spacial score (nSPS) is 14.8. The number of aromatic nitrogens is 1. The third-order valence-corrected chi connectivity index (χ3v) is 7.13. The molecule has 2 atom stereocenters. The van der Waals surface area contributed by atoms with Crippen LogP contribution in [0.3, 0.4) is 0 Å². The highest BCUT2D eigenvalue weighted by Crippen LogP contribution is 2.37. The molecule has 0 spiro atoms. The van der Waals surface area contributed by atoms with Crippen molar-refractivity contribution in [2.24, 2.45) is 5.41 Å². The van der Waals surface area contributed by atoms with Gasteiger partial charge >= 0.3 is 0 Å². The van der Waals surface area contributed by atoms with Crippen LogP contribution in [0.25, 0.3) is 22.0 Å². The molecule has 3 nitrogen and oxygen atoms in total. The zero-order chi connectivity index (χ0) is 23.1. The maximum absolute atomic E-state index is 15.3. The van der Waals surface area contributed by atoms with Gasteiger partial charge in [0.15, 0.2) is 0 Å². The van der Waals surface area contributed by atoms with E-state index in [1.807, 2.05) is 52.0 Å². The van der Waals surface area contributed by atoms with Crippen molar-refractivity contribution in [1.82, 2.24) is 9.29 Å². The van der Waals surface area contributed by atoms with E-state index in [4.69, 9.17) is 11.6 Å². The Labute approximate surface area is 193 Å². The van der Waals surface area contributed by atoms with Crippen LogP contribution in [0.4, 0.5) is 4.39 Å². The quantitative estimate of drug-likeness (QED) is 0.405. The van der Waals surface area contributed by atoms with Crippen molar-refractivity contribution in [3.63, 3.8) is 0 Å². The maximum Gasteiger partial charge on any atom is 0.136 e. The summed E-state index contributed by atoms with van der Waals surface area (Å²) in [6.45, 7) is 15.1. The highest BCUT2D eigenvalue weighted by atomic mass is 35.5. The Morgan fingerprint density at radius 1 is 1.10 bits per heavy atom. The topological polar surface area (TPSA) is 40.0 Å². The van der Waals surface area contributed by atoms with E-state index in [0.717, 1.165) is 23.0 Å². The number of rotatable bonds is 5. The number of hydrogen-bond donors (Lipinski definition) is 1. The van der Waals surface area contributed by atoms with Gasteiger partial charge in [-0.2, -0.15) is 0 Å². The fraction of sp³-hybridized carbons (Fsp3) is 0.440. The Morgan fingerprint density at radius 2 is 1.74 bits per heavy atom. The summed E-state index contributed by atoms with van der Waals surface area (Å²) < 4.78 is 32.9. The van der Waals surface area contributed by atoms with Gasteiger partial charge in [-0.1, -0.05) is 50.6 Å². The first kappa shape index (κ1) is 24.1. The van der Waals surface area contributed by atoms with Crippen LogP contribution in [0.2, 0.25) is 5.02 Å². The SMILES string of the molecule is C[C@@H](N[S+]([O-])C(C)(C)C)c1cn(CC(C)(C)C)c2cc(-c3ccccc3Cl)c(F)cc12. The highest BCUT2D eigenvalue weighted by molar-refractivity contribution is 7.90. The first-order chi connectivity index (χ1) is 14.3. The summed E-state index contributed by atoms with van der Waals surface area (Å²) in [4.78, 5) is 0. The molecule has 0 aliphatic carbocycles. The van der Waals surface area contributed by atoms with Crippen molar-refractivity contribution in [2.75, 3.05) is 0 Å². The molecule has 0 aliphatic rings. The minimum atomic E-state index is -1.23. The molecule has 0 amide bonds. The minimum absolute atomic E-state index is 0.0348. The Morgan fingerprint density at radius 3 is 2.32 bits per heavy atom. The van der Waals surface area contributed by atoms with Crippen LogP contribution < -0.4 is 4.72 Å². The first-order valence-corrected chi connectivity index (χ1v) is 12.1. The molecule has 3 aromatic rings. The number of nitrogens with zero attached hydrogens (tertiary/aromatic N) is 1. The molecule has 6 heteroatoms. The molecule has 0 fully saturated rings. The van der Waals surface area contributed by atoms with E-state index in [1.165, 1.54) is 0 Å². The van der Waals surface area contributed by atoms with Gasteiger partial charge in [-0.25, -0.2) is 4.39 Å². The fourth-order valence-electron chi connectivity index (χ4n) is 3.61. The number of nitrogens with one attached hydrogen (secondary N) is 1. The van der Waals surface area contributed by atoms with Crippen molar-refractivity contribution in [3.8, 4) is 11.1 Å². The van der Waals surface area contributed by atoms with Crippen LogP contribution in [0, 0.1) is 11.2 Å². The lowest BCUT2D eigenvalue weighted by Crippen LogP contribution is -2.40. The van der Waals surface area contributed by atoms with Gasteiger partial charge in [-0.3, -0.25) is 0 Å². The van der Waals surface area contributed by atoms with Crippen LogP contribution in [0.15, 0.2) is 42.6 Å². The molecule has 0 bridgehead atoms. The fourth-order valence-corrected chi connectivity index (χ4v) is 4.65. The summed E-state index contributed by atoms with van der Waals surface area (Å²) in [6, 6.07) is 10.6. The van der Waals surface area contributed by atoms with Gasteiger partial charge in [-0.05, 0) is 56.9 Å². The predicted octanol–water partition coefficient (Wildman–Crippen LogP) is 7.26. The van der Waals surface area contributed by atoms with E-state index < -0.39 is 11.4 Å². The van der Waals surface area contributed by atoms with Crippen molar-refractivity contribution in [1.29, 1.82) is 0 Å². The largest absolute Gasteiger partial charge is 0.598 e. The van der Waals surface area contributed by atoms with Gasteiger partial charge in [0.1, 0.15) is 10.6 Å². The van der Waals surface area contributed by atoms with Gasteiger partial charge < -0.3 is 9.12 Å². The summed E-state index contributed by atoms with van der Waals surface area (Å²) in [5.41, 5.74) is 3.07. The molecule has 31 heavy (non-hydrogen) atoms. The maximum atomic E-state index is 15.3. The summed E-state index contributed by atoms with van der Waals surface area (Å²) in [6.07, 6.45) is 2.06. The molecule has 2 aromatic carbocycles. The average molecular weight is 463 g/mol. The van der Waals surface area contributed by atoms with E-state index in [9.17, 15) is 4.55 Å². The van der Waals surface area contributed by atoms with E-state index in [-0.39, 0.29) is 22.0 Å². The predicted molar refractivity (Wildman–Crippen MR) is 131 cm³/mol. The third kappa shape index (κ3) is 5.46. The molecule has 0 saturated heterocycles. The van der Waals surface area contributed by atoms with E-state index in [1.54, 1.807) is 12.1 Å². The summed E-state index contributed by atoms with van der Waals surface area (Å²) in [5.74, 6) is -0.320. The Hall–Kier alpha value is -1.53. The molecule has 0 aliphatic heterocycles. The van der Waals surface area contributed by atoms with Gasteiger partial charge in [-0.15, -0.1) is 4.72 Å². The Balaban J connectivity index is 2.16. The van der Waals surface area contributed by atoms with E-state index in [0.29, 0.717) is 16.1 Å². The molecule has 1 N–H and O–H groups in total. The van der Waals surface area contributed by atoms with Crippen LogP contribution in [0.5, 0.6) is 0 Å². The van der Waals surface area contributed by atoms with Gasteiger partial charge in [0.2, 0.25) is 0 Å². The zero-order valence-corrected chi connectivity index (χ0v) is 20.9. The van der Waals surface area contributed by atoms with Gasteiger partial charge in [0.05, 0.1) is 6.04 Å². The second-order valence-electron chi connectivity index (χ2n) is 10.3. The van der Waals surface area contributed by atoms with Crippen molar-refractivity contribution in [2.45, 2.75) is 65.8 Å². The molecule has 1 heterocycles. The number of benzene rings is 2. The second kappa shape index (κ2) is 8.78. The lowest BCUT2D eigenvalue weighted by Gasteiger charge is -2.26. The summed E-state index contributed by atoms with van der Waals surface area (Å²) in [7, 11) is 0. The monoisotopic (exact) mass is 462 g/mol. The third-order valence-electron chi connectivity index (χ3n) is 5.12. The molecule has 0 saturated carbocycles. The molecule has 3 rings (SSSR count). The molecule has 168 valence electrons. The minimum Gasteiger partial charge on any atom is -0.598 e. The van der Waals surface area contributed by atoms with Gasteiger partial charge in [0.25, 0.3) is 0 Å². The molecular formula is C25H32ClFN2OS. The average Bonchev–Trinajstić information content (AvgIpc) is 2.96. The zero-order valence-electron chi connectivity index (χ0n) is 19.3. The Kier molecular flexibility index (Phi) is 6.83. The van der Waals surface area contributed by atoms with Crippen LogP contribution in [-0.2, 0) is 17.9 Å². The Bertz CT molecular complexity index is 1080. The standard InChI is InChI=1S/C25H32ClFN2OS/c1-16(28-31(30)25(5,6)7)20-14-29(15-24(2,3)4)23-13-18(22(27)12-19(20)23)17-10-8-9-11-21(17)26/h8-14,16,28H,15H2,1-7H3/t16-,31?/m1/s1. The summed E-state index contributed by atoms with van der Waals surface area (Å²) >= 11 is 5.13. The number of hydrogen-bond acceptors (Lipinski definition) is 2. The van der Waals surface area contributed by atoms with Crippen molar-refractivity contribution in [3.05, 3.63) is 59.0 Å². The first-order valence-electron chi connectivity index (χ1n) is 10.5. The summed E-state index contributed by atoms with van der Waals surface area (Å²) in [5, 5.41) is 1.34. The highest BCUT2D eigenvalue weighted by Gasteiger charge is 2.30. The lowest BCUT2D eigenvalue weighted by atomic mass is 9.96. The van der Waals surface area contributed by atoms with Crippen LogP contribution >= 0.6 is 11.6 Å². The lowest BCUT2D eigenvalue weighted by molar-refractivity contribution is 0.349. The number of halogens is 2. The molecular weight excluding hydrogens is 431 g/mol. The van der Waals surface area contributed by atoms with E-state index >= 15 is 4.39 Å². The second-order valence-corrected chi connectivity index (χ2v) is 12.7. The van der Waals surface area contributed by atoms with Crippen LogP contribution in [0.1, 0.15) is 60.1 Å². The smallest absolute Gasteiger partial charge is 0.136 e. The van der Waals surface area contributed by atoms with E-state index in [2.05, 4.69) is 36.3 Å².